The predicted octanol–water partition coefficient (Wildman–Crippen LogP) is 0.504. The van der Waals surface area contributed by atoms with Crippen molar-refractivity contribution in [3.63, 3.8) is 0 Å². The summed E-state index contributed by atoms with van der Waals surface area (Å²) in [5.41, 5.74) is -0.893. The van der Waals surface area contributed by atoms with Gasteiger partial charge in [0.25, 0.3) is 0 Å². The summed E-state index contributed by atoms with van der Waals surface area (Å²) in [4.78, 5) is 39.0. The average Bonchev–Trinajstić information content (AvgIpc) is 2.95. The molecular weight excluding hydrogens is 274 g/mol. The van der Waals surface area contributed by atoms with Crippen molar-refractivity contribution < 1.29 is 19.5 Å². The molecule has 3 amide bonds. The van der Waals surface area contributed by atoms with Gasteiger partial charge < -0.3 is 20.2 Å². The Morgan fingerprint density at radius 3 is 2.57 bits per heavy atom. The molecule has 0 radical (unpaired) electrons. The first-order valence-electron chi connectivity index (χ1n) is 7.39. The number of amides is 3. The number of nitrogens with zero attached hydrogens (tertiary/aromatic N) is 2. The van der Waals surface area contributed by atoms with E-state index in [0.29, 0.717) is 32.4 Å². The van der Waals surface area contributed by atoms with Crippen molar-refractivity contribution in [3.8, 4) is 0 Å². The smallest absolute Gasteiger partial charge is 0.320 e. The number of urea groups is 1. The van der Waals surface area contributed by atoms with Gasteiger partial charge in [-0.3, -0.25) is 9.59 Å². The summed E-state index contributed by atoms with van der Waals surface area (Å²) in [6, 6.07) is -0.645. The summed E-state index contributed by atoms with van der Waals surface area (Å²) in [5.74, 6) is -1.02. The normalized spacial score (nSPS) is 29.3. The molecule has 0 aromatic carbocycles. The molecule has 2 saturated heterocycles. The predicted molar refractivity (Wildman–Crippen MR) is 75.7 cm³/mol. The number of likely N-dealkylation sites (N-methyl/N-ethyl adjacent to an activating group) is 1. The summed E-state index contributed by atoms with van der Waals surface area (Å²) >= 11 is 0. The molecule has 0 aromatic rings. The number of carboxylic acids is 1. The van der Waals surface area contributed by atoms with Crippen LogP contribution in [-0.2, 0) is 9.59 Å². The molecule has 0 saturated carbocycles. The Morgan fingerprint density at radius 2 is 1.95 bits per heavy atom. The molecule has 2 fully saturated rings. The quantitative estimate of drug-likeness (QED) is 0.777. The first-order chi connectivity index (χ1) is 9.89. The van der Waals surface area contributed by atoms with Gasteiger partial charge >= 0.3 is 12.0 Å². The van der Waals surface area contributed by atoms with Gasteiger partial charge in [0, 0.05) is 26.7 Å². The van der Waals surface area contributed by atoms with Crippen molar-refractivity contribution >= 4 is 17.9 Å². The zero-order valence-electron chi connectivity index (χ0n) is 12.6. The van der Waals surface area contributed by atoms with E-state index in [4.69, 9.17) is 0 Å². The highest BCUT2D eigenvalue weighted by Crippen LogP contribution is 2.31. The number of rotatable bonds is 2. The second-order valence-electron chi connectivity index (χ2n) is 6.14. The Bertz CT molecular complexity index is 454. The fraction of sp³-hybridized carbons (Fsp3) is 0.786. The Kier molecular flexibility index (Phi) is 4.39. The molecule has 2 rings (SSSR count). The average molecular weight is 297 g/mol. The first-order valence-corrected chi connectivity index (χ1v) is 7.39. The molecule has 2 aliphatic heterocycles. The molecule has 7 nitrogen and oxygen atoms in total. The first kappa shape index (κ1) is 15.6. The van der Waals surface area contributed by atoms with Gasteiger partial charge in [0.2, 0.25) is 5.91 Å². The van der Waals surface area contributed by atoms with Crippen molar-refractivity contribution in [1.29, 1.82) is 0 Å². The summed E-state index contributed by atoms with van der Waals surface area (Å²) in [5, 5.41) is 11.9. The fourth-order valence-electron chi connectivity index (χ4n) is 3.19. The van der Waals surface area contributed by atoms with Crippen molar-refractivity contribution in [3.05, 3.63) is 0 Å². The van der Waals surface area contributed by atoms with Crippen LogP contribution in [0.4, 0.5) is 4.79 Å². The highest BCUT2D eigenvalue weighted by molar-refractivity contribution is 5.88. The van der Waals surface area contributed by atoms with E-state index in [1.165, 1.54) is 0 Å². The maximum absolute atomic E-state index is 12.6. The maximum Gasteiger partial charge on any atom is 0.320 e. The van der Waals surface area contributed by atoms with Crippen LogP contribution < -0.4 is 5.32 Å². The Morgan fingerprint density at radius 1 is 1.24 bits per heavy atom. The third-order valence-electron chi connectivity index (χ3n) is 4.53. The van der Waals surface area contributed by atoms with Gasteiger partial charge in [-0.15, -0.1) is 0 Å². The fourth-order valence-corrected chi connectivity index (χ4v) is 3.19. The number of aliphatic carboxylic acids is 1. The number of carbonyl (C=O) groups excluding carboxylic acids is 2. The van der Waals surface area contributed by atoms with Crippen molar-refractivity contribution in [2.24, 2.45) is 5.41 Å². The molecule has 7 heteroatoms. The summed E-state index contributed by atoms with van der Waals surface area (Å²) in [7, 11) is 1.56. The lowest BCUT2D eigenvalue weighted by atomic mass is 9.82. The molecule has 0 aromatic heterocycles. The molecule has 2 atom stereocenters. The van der Waals surface area contributed by atoms with E-state index in [0.717, 1.165) is 6.42 Å². The molecular formula is C14H23N3O4. The summed E-state index contributed by atoms with van der Waals surface area (Å²) in [6.07, 6.45) is 2.71. The Hall–Kier alpha value is -1.79. The van der Waals surface area contributed by atoms with Crippen LogP contribution in [0.1, 0.15) is 32.6 Å². The summed E-state index contributed by atoms with van der Waals surface area (Å²) in [6.45, 7) is 2.99. The Balaban J connectivity index is 2.09. The molecule has 0 bridgehead atoms. The number of hydrogen-bond donors (Lipinski definition) is 2. The summed E-state index contributed by atoms with van der Waals surface area (Å²) < 4.78 is 0. The molecule has 2 N–H and O–H groups in total. The SMILES string of the molecule is CNC(=O)C1CCCN1C(=O)N1CCCC(C)(C(=O)O)C1. The van der Waals surface area contributed by atoms with Gasteiger partial charge in [0.1, 0.15) is 6.04 Å². The van der Waals surface area contributed by atoms with E-state index >= 15 is 0 Å². The van der Waals surface area contributed by atoms with Crippen molar-refractivity contribution in [2.75, 3.05) is 26.7 Å². The third kappa shape index (κ3) is 2.96. The minimum atomic E-state index is -0.893. The highest BCUT2D eigenvalue weighted by atomic mass is 16.4. The molecule has 118 valence electrons. The minimum Gasteiger partial charge on any atom is -0.481 e. The van der Waals surface area contributed by atoms with Crippen LogP contribution in [0.15, 0.2) is 0 Å². The van der Waals surface area contributed by atoms with Crippen LogP contribution >= 0.6 is 0 Å². The van der Waals surface area contributed by atoms with Crippen LogP contribution in [0.2, 0.25) is 0 Å². The standard InChI is InChI=1S/C14H23N3O4/c1-14(12(19)20)6-4-7-16(9-14)13(21)17-8-3-5-10(17)11(18)15-2/h10H,3-9H2,1-2H3,(H,15,18)(H,19,20). The van der Waals surface area contributed by atoms with Gasteiger partial charge in [-0.25, -0.2) is 4.79 Å². The lowest BCUT2D eigenvalue weighted by molar-refractivity contribution is -0.150. The Labute approximate surface area is 124 Å². The molecule has 0 aliphatic carbocycles. The largest absolute Gasteiger partial charge is 0.481 e. The van der Waals surface area contributed by atoms with E-state index < -0.39 is 17.4 Å². The van der Waals surface area contributed by atoms with Gasteiger partial charge in [-0.1, -0.05) is 0 Å². The van der Waals surface area contributed by atoms with Crippen molar-refractivity contribution in [1.82, 2.24) is 15.1 Å². The maximum atomic E-state index is 12.6. The number of nitrogens with one attached hydrogen (secondary N) is 1. The highest BCUT2D eigenvalue weighted by Gasteiger charge is 2.42. The molecule has 2 aliphatic rings. The lowest BCUT2D eigenvalue weighted by Crippen LogP contribution is -2.55. The van der Waals surface area contributed by atoms with Gasteiger partial charge in [0.05, 0.1) is 5.41 Å². The van der Waals surface area contributed by atoms with Crippen molar-refractivity contribution in [2.45, 2.75) is 38.6 Å². The van der Waals surface area contributed by atoms with Gasteiger partial charge in [-0.05, 0) is 32.6 Å². The van der Waals surface area contributed by atoms with E-state index in [1.54, 1.807) is 23.8 Å². The second kappa shape index (κ2) is 5.91. The van der Waals surface area contributed by atoms with E-state index in [2.05, 4.69) is 5.32 Å². The van der Waals surface area contributed by atoms with Gasteiger partial charge in [0.15, 0.2) is 0 Å². The number of carboxylic acid groups (broad SMARTS) is 1. The van der Waals surface area contributed by atoms with Crippen LogP contribution in [0, 0.1) is 5.41 Å². The van der Waals surface area contributed by atoms with Crippen LogP contribution in [0.3, 0.4) is 0 Å². The lowest BCUT2D eigenvalue weighted by Gasteiger charge is -2.40. The van der Waals surface area contributed by atoms with Crippen LogP contribution in [-0.4, -0.2) is 65.5 Å². The number of likely N-dealkylation sites (tertiary alicyclic amines) is 2. The van der Waals surface area contributed by atoms with Crippen LogP contribution in [0.25, 0.3) is 0 Å². The number of carbonyl (C=O) groups is 3. The molecule has 2 unspecified atom stereocenters. The molecule has 0 spiro atoms. The zero-order valence-corrected chi connectivity index (χ0v) is 12.6. The zero-order chi connectivity index (χ0) is 15.6. The van der Waals surface area contributed by atoms with E-state index in [-0.39, 0.29) is 18.5 Å². The monoisotopic (exact) mass is 297 g/mol. The molecule has 21 heavy (non-hydrogen) atoms. The van der Waals surface area contributed by atoms with E-state index in [1.807, 2.05) is 0 Å². The van der Waals surface area contributed by atoms with Gasteiger partial charge in [-0.2, -0.15) is 0 Å². The minimum absolute atomic E-state index is 0.154. The third-order valence-corrected chi connectivity index (χ3v) is 4.53. The second-order valence-corrected chi connectivity index (χ2v) is 6.14. The van der Waals surface area contributed by atoms with E-state index in [9.17, 15) is 19.5 Å². The number of hydrogen-bond acceptors (Lipinski definition) is 3. The topological polar surface area (TPSA) is 90.0 Å². The van der Waals surface area contributed by atoms with Crippen LogP contribution in [0.5, 0.6) is 0 Å². The molecule has 2 heterocycles. The number of piperidine rings is 1.